The van der Waals surface area contributed by atoms with Gasteiger partial charge in [0.05, 0.1) is 45.1 Å². The molecule has 0 bridgehead atoms. The lowest BCUT2D eigenvalue weighted by atomic mass is 10.0. The van der Waals surface area contributed by atoms with Gasteiger partial charge in [-0.25, -0.2) is 9.97 Å². The predicted molar refractivity (Wildman–Crippen MR) is 212 cm³/mol. The summed E-state index contributed by atoms with van der Waals surface area (Å²) >= 11 is 0. The van der Waals surface area contributed by atoms with Crippen molar-refractivity contribution in [1.82, 2.24) is 19.1 Å². The van der Waals surface area contributed by atoms with E-state index in [1.807, 2.05) is 78.9 Å². The van der Waals surface area contributed by atoms with Crippen LogP contribution < -0.4 is 0 Å². The number of rotatable bonds is 5. The molecule has 0 fully saturated rings. The normalized spacial score (nSPS) is 11.4. The molecule has 3 aromatic heterocycles. The third kappa shape index (κ3) is 4.70. The van der Waals surface area contributed by atoms with Gasteiger partial charge in [-0.15, -0.1) is 0 Å². The second-order valence-corrected chi connectivity index (χ2v) is 13.0. The molecule has 0 N–H and O–H groups in total. The molecule has 0 radical (unpaired) electrons. The van der Waals surface area contributed by atoms with Gasteiger partial charge < -0.3 is 9.13 Å². The van der Waals surface area contributed by atoms with Crippen molar-refractivity contribution in [2.24, 2.45) is 0 Å². The van der Waals surface area contributed by atoms with Crippen molar-refractivity contribution in [3.8, 4) is 51.3 Å². The van der Waals surface area contributed by atoms with E-state index in [-0.39, 0.29) is 0 Å². The van der Waals surface area contributed by atoms with Gasteiger partial charge in [0, 0.05) is 49.6 Å². The Labute approximate surface area is 299 Å². The zero-order valence-corrected chi connectivity index (χ0v) is 28.0. The summed E-state index contributed by atoms with van der Waals surface area (Å²) in [6.07, 6.45) is 0. The van der Waals surface area contributed by atoms with Crippen molar-refractivity contribution >= 4 is 43.6 Å². The third-order valence-electron chi connectivity index (χ3n) is 9.98. The maximum atomic E-state index is 10.6. The smallest absolute Gasteiger partial charge is 0.160 e. The highest BCUT2D eigenvalue weighted by atomic mass is 15.0. The molecule has 0 amide bonds. The van der Waals surface area contributed by atoms with Crippen molar-refractivity contribution in [3.05, 3.63) is 181 Å². The lowest BCUT2D eigenvalue weighted by Gasteiger charge is -2.13. The summed E-state index contributed by atoms with van der Waals surface area (Å²) < 4.78 is 4.61. The number of aromatic nitrogens is 4. The van der Waals surface area contributed by atoms with Crippen LogP contribution in [0.4, 0.5) is 0 Å². The lowest BCUT2D eigenvalue weighted by molar-refractivity contribution is 1.16. The molecule has 0 aliphatic carbocycles. The van der Waals surface area contributed by atoms with E-state index in [0.717, 1.165) is 55.6 Å². The number of hydrogen-bond donors (Lipinski definition) is 0. The van der Waals surface area contributed by atoms with Crippen molar-refractivity contribution < 1.29 is 0 Å². The minimum Gasteiger partial charge on any atom is -0.309 e. The topological polar surface area (TPSA) is 59.4 Å². The molecule has 0 aliphatic rings. The molecule has 7 aromatic carbocycles. The summed E-state index contributed by atoms with van der Waals surface area (Å²) in [4.78, 5) is 9.95. The number of nitriles is 1. The molecule has 0 saturated heterocycles. The average Bonchev–Trinajstić information content (AvgIpc) is 3.74. The zero-order chi connectivity index (χ0) is 34.6. The van der Waals surface area contributed by atoms with E-state index in [4.69, 9.17) is 9.97 Å². The van der Waals surface area contributed by atoms with Crippen molar-refractivity contribution in [3.63, 3.8) is 0 Å². The van der Waals surface area contributed by atoms with Crippen molar-refractivity contribution in [2.75, 3.05) is 0 Å². The first-order chi connectivity index (χ1) is 25.7. The molecule has 10 aromatic rings. The van der Waals surface area contributed by atoms with Crippen molar-refractivity contribution in [1.29, 1.82) is 5.26 Å². The second-order valence-electron chi connectivity index (χ2n) is 13.0. The number of hydrogen-bond acceptors (Lipinski definition) is 3. The van der Waals surface area contributed by atoms with E-state index < -0.39 is 0 Å². The minimum atomic E-state index is 0.544. The molecule has 0 saturated carbocycles. The first-order valence-corrected chi connectivity index (χ1v) is 17.3. The van der Waals surface area contributed by atoms with Gasteiger partial charge in [-0.2, -0.15) is 5.26 Å². The highest BCUT2D eigenvalue weighted by Gasteiger charge is 2.18. The summed E-state index contributed by atoms with van der Waals surface area (Å²) in [5.74, 6) is 0.617. The Morgan fingerprint density at radius 3 is 1.50 bits per heavy atom. The van der Waals surface area contributed by atoms with Crippen LogP contribution in [0.2, 0.25) is 0 Å². The Morgan fingerprint density at radius 1 is 0.404 bits per heavy atom. The molecule has 0 atom stereocenters. The SMILES string of the molecule is N#Cc1cc(-n2c3ccccc3c3cc(-n4c5ccccc5c5ccccc54)ccc32)ccc1-c1cc(-c2ccccc2)nc(-c2ccccc2)n1. The number of fused-ring (bicyclic) bond motifs is 6. The van der Waals surface area contributed by atoms with Crippen LogP contribution in [0.15, 0.2) is 176 Å². The molecule has 5 heteroatoms. The fourth-order valence-electron chi connectivity index (χ4n) is 7.62. The maximum absolute atomic E-state index is 10.6. The highest BCUT2D eigenvalue weighted by Crippen LogP contribution is 2.38. The van der Waals surface area contributed by atoms with Gasteiger partial charge in [0.2, 0.25) is 0 Å². The van der Waals surface area contributed by atoms with E-state index in [2.05, 4.69) is 112 Å². The fourth-order valence-corrected chi connectivity index (χ4v) is 7.62. The molecule has 10 rings (SSSR count). The quantitative estimate of drug-likeness (QED) is 0.184. The van der Waals surface area contributed by atoms with E-state index in [0.29, 0.717) is 17.1 Å². The number of para-hydroxylation sites is 3. The van der Waals surface area contributed by atoms with E-state index in [9.17, 15) is 5.26 Å². The Bertz CT molecular complexity index is 2910. The lowest BCUT2D eigenvalue weighted by Crippen LogP contribution is -1.99. The molecule has 0 unspecified atom stereocenters. The monoisotopic (exact) mass is 663 g/mol. The Hall–Kier alpha value is -7.29. The zero-order valence-electron chi connectivity index (χ0n) is 28.0. The van der Waals surface area contributed by atoms with E-state index >= 15 is 0 Å². The van der Waals surface area contributed by atoms with Gasteiger partial charge >= 0.3 is 0 Å². The van der Waals surface area contributed by atoms with Gasteiger partial charge in [-0.05, 0) is 60.7 Å². The summed E-state index contributed by atoms with van der Waals surface area (Å²) in [5, 5.41) is 15.4. The molecular formula is C47H29N5. The summed E-state index contributed by atoms with van der Waals surface area (Å²) in [6.45, 7) is 0. The van der Waals surface area contributed by atoms with Gasteiger partial charge in [-0.3, -0.25) is 0 Å². The molecule has 0 spiro atoms. The molecule has 52 heavy (non-hydrogen) atoms. The van der Waals surface area contributed by atoms with Crippen LogP contribution in [0.3, 0.4) is 0 Å². The Balaban J connectivity index is 1.15. The molecule has 242 valence electrons. The maximum Gasteiger partial charge on any atom is 0.160 e. The van der Waals surface area contributed by atoms with Gasteiger partial charge in [0.1, 0.15) is 0 Å². The first-order valence-electron chi connectivity index (χ1n) is 17.3. The molecule has 0 aliphatic heterocycles. The summed E-state index contributed by atoms with van der Waals surface area (Å²) in [5.41, 5.74) is 11.2. The molecule has 5 nitrogen and oxygen atoms in total. The van der Waals surface area contributed by atoms with Crippen molar-refractivity contribution in [2.45, 2.75) is 0 Å². The van der Waals surface area contributed by atoms with E-state index in [1.165, 1.54) is 21.8 Å². The standard InChI is InChI=1S/C47H29N5/c48-30-33-27-34(23-25-36(33)42-29-41(31-13-3-1-4-14-31)49-47(50-42)32-15-5-2-6-16-32)51-45-22-12-9-19-39(45)40-28-35(24-26-46(40)51)52-43-20-10-7-17-37(43)38-18-8-11-21-44(38)52/h1-29H. The predicted octanol–water partition coefficient (Wildman–Crippen LogP) is 11.5. The van der Waals surface area contributed by atoms with Crippen LogP contribution >= 0.6 is 0 Å². The van der Waals surface area contributed by atoms with Crippen LogP contribution in [0.1, 0.15) is 5.56 Å². The van der Waals surface area contributed by atoms with Crippen LogP contribution in [-0.4, -0.2) is 19.1 Å². The first kappa shape index (κ1) is 29.6. The summed E-state index contributed by atoms with van der Waals surface area (Å²) in [6, 6.07) is 63.0. The largest absolute Gasteiger partial charge is 0.309 e. The molecular weight excluding hydrogens is 635 g/mol. The van der Waals surface area contributed by atoms with Crippen LogP contribution in [0.25, 0.3) is 88.9 Å². The van der Waals surface area contributed by atoms with Gasteiger partial charge in [0.25, 0.3) is 0 Å². The van der Waals surface area contributed by atoms with Gasteiger partial charge in [0.15, 0.2) is 5.82 Å². The fraction of sp³-hybridized carbons (Fsp3) is 0. The van der Waals surface area contributed by atoms with Crippen LogP contribution in [0.5, 0.6) is 0 Å². The molecule has 3 heterocycles. The second kappa shape index (κ2) is 11.9. The van der Waals surface area contributed by atoms with Gasteiger partial charge in [-0.1, -0.05) is 115 Å². The number of benzene rings is 7. The Morgan fingerprint density at radius 2 is 0.885 bits per heavy atom. The van der Waals surface area contributed by atoms with Crippen LogP contribution in [-0.2, 0) is 0 Å². The minimum absolute atomic E-state index is 0.544. The highest BCUT2D eigenvalue weighted by molar-refractivity contribution is 6.12. The van der Waals surface area contributed by atoms with E-state index in [1.54, 1.807) is 0 Å². The Kier molecular flexibility index (Phi) is 6.80. The average molecular weight is 664 g/mol. The third-order valence-corrected chi connectivity index (χ3v) is 9.98. The summed E-state index contributed by atoms with van der Waals surface area (Å²) in [7, 11) is 0. The van der Waals surface area contributed by atoms with Crippen LogP contribution in [0, 0.1) is 11.3 Å². The number of nitrogens with zero attached hydrogens (tertiary/aromatic N) is 5.